The summed E-state index contributed by atoms with van der Waals surface area (Å²) in [6.45, 7) is 3.29. The smallest absolute Gasteiger partial charge is 0.256 e. The van der Waals surface area contributed by atoms with E-state index in [0.29, 0.717) is 24.6 Å². The number of halogens is 1. The van der Waals surface area contributed by atoms with Crippen LogP contribution in [0, 0.1) is 23.6 Å². The summed E-state index contributed by atoms with van der Waals surface area (Å²) in [5, 5.41) is 8.62. The van der Waals surface area contributed by atoms with Crippen LogP contribution in [-0.2, 0) is 0 Å². The average molecular weight is 289 g/mol. The second kappa shape index (κ2) is 7.24. The highest BCUT2D eigenvalue weighted by Gasteiger charge is 2.24. The topological polar surface area (TPSA) is 40.5 Å². The van der Waals surface area contributed by atoms with Crippen LogP contribution in [0.3, 0.4) is 0 Å². The highest BCUT2D eigenvalue weighted by molar-refractivity contribution is 5.94. The fraction of sp³-hybridized carbons (Fsp3) is 0.471. The highest BCUT2D eigenvalue weighted by Crippen LogP contribution is 2.22. The molecule has 0 saturated carbocycles. The molecule has 1 amide bonds. The SMILES string of the molecule is CCC1CCN(C(=O)c2ccc(C#CCO)cc2F)CC1. The molecule has 0 atom stereocenters. The predicted molar refractivity (Wildman–Crippen MR) is 79.3 cm³/mol. The molecule has 1 fully saturated rings. The monoisotopic (exact) mass is 289 g/mol. The van der Waals surface area contributed by atoms with E-state index in [1.165, 1.54) is 12.1 Å². The number of piperidine rings is 1. The Bertz CT molecular complexity index is 566. The third-order valence-electron chi connectivity index (χ3n) is 3.99. The summed E-state index contributed by atoms with van der Waals surface area (Å²) in [5.41, 5.74) is 0.558. The molecule has 0 unspecified atom stereocenters. The molecule has 3 nitrogen and oxygen atoms in total. The van der Waals surface area contributed by atoms with Crippen molar-refractivity contribution in [3.8, 4) is 11.8 Å². The van der Waals surface area contributed by atoms with Crippen LogP contribution in [0.25, 0.3) is 0 Å². The van der Waals surface area contributed by atoms with Crippen molar-refractivity contribution in [3.63, 3.8) is 0 Å². The number of likely N-dealkylation sites (tertiary alicyclic amines) is 1. The van der Waals surface area contributed by atoms with Gasteiger partial charge in [-0.15, -0.1) is 0 Å². The molecule has 1 aromatic carbocycles. The second-order valence-electron chi connectivity index (χ2n) is 5.30. The normalized spacial score (nSPS) is 15.5. The molecular formula is C17H20FNO2. The summed E-state index contributed by atoms with van der Waals surface area (Å²) in [4.78, 5) is 14.1. The van der Waals surface area contributed by atoms with E-state index in [-0.39, 0.29) is 18.1 Å². The van der Waals surface area contributed by atoms with Crippen molar-refractivity contribution in [2.45, 2.75) is 26.2 Å². The largest absolute Gasteiger partial charge is 0.384 e. The number of nitrogens with zero attached hydrogens (tertiary/aromatic N) is 1. The van der Waals surface area contributed by atoms with Gasteiger partial charge in [-0.05, 0) is 37.0 Å². The van der Waals surface area contributed by atoms with Gasteiger partial charge in [0.1, 0.15) is 12.4 Å². The first-order valence-corrected chi connectivity index (χ1v) is 7.34. The zero-order valence-electron chi connectivity index (χ0n) is 12.2. The molecule has 1 N–H and O–H groups in total. The van der Waals surface area contributed by atoms with Crippen LogP contribution in [0.15, 0.2) is 18.2 Å². The van der Waals surface area contributed by atoms with Crippen LogP contribution in [0.2, 0.25) is 0 Å². The van der Waals surface area contributed by atoms with Gasteiger partial charge in [0.05, 0.1) is 5.56 Å². The van der Waals surface area contributed by atoms with Gasteiger partial charge < -0.3 is 10.0 Å². The van der Waals surface area contributed by atoms with Crippen LogP contribution in [-0.4, -0.2) is 35.6 Å². The maximum atomic E-state index is 14.0. The zero-order chi connectivity index (χ0) is 15.2. The van der Waals surface area contributed by atoms with Crippen molar-refractivity contribution in [2.75, 3.05) is 19.7 Å². The molecule has 0 spiro atoms. The fourth-order valence-corrected chi connectivity index (χ4v) is 2.62. The van der Waals surface area contributed by atoms with Crippen molar-refractivity contribution in [2.24, 2.45) is 5.92 Å². The molecule has 0 bridgehead atoms. The first-order chi connectivity index (χ1) is 10.2. The second-order valence-corrected chi connectivity index (χ2v) is 5.30. The fourth-order valence-electron chi connectivity index (χ4n) is 2.62. The first-order valence-electron chi connectivity index (χ1n) is 7.34. The number of hydrogen-bond acceptors (Lipinski definition) is 2. The Morgan fingerprint density at radius 3 is 2.71 bits per heavy atom. The molecule has 0 radical (unpaired) electrons. The van der Waals surface area contributed by atoms with Crippen molar-refractivity contribution in [3.05, 3.63) is 35.1 Å². The van der Waals surface area contributed by atoms with Crippen LogP contribution < -0.4 is 0 Å². The van der Waals surface area contributed by atoms with E-state index in [4.69, 9.17) is 5.11 Å². The lowest BCUT2D eigenvalue weighted by Gasteiger charge is -2.31. The van der Waals surface area contributed by atoms with Gasteiger partial charge in [-0.3, -0.25) is 4.79 Å². The lowest BCUT2D eigenvalue weighted by molar-refractivity contribution is 0.0684. The Morgan fingerprint density at radius 2 is 2.14 bits per heavy atom. The molecule has 1 aliphatic rings. The third-order valence-corrected chi connectivity index (χ3v) is 3.99. The summed E-state index contributed by atoms with van der Waals surface area (Å²) in [5.74, 6) is 4.96. The van der Waals surface area contributed by atoms with E-state index in [1.54, 1.807) is 11.0 Å². The Kier molecular flexibility index (Phi) is 5.35. The lowest BCUT2D eigenvalue weighted by Crippen LogP contribution is -2.38. The standard InChI is InChI=1S/C17H20FNO2/c1-2-13-7-9-19(10-8-13)17(21)15-6-5-14(4-3-11-20)12-16(15)18/h5-6,12-13,20H,2,7-11H2,1H3. The van der Waals surface area contributed by atoms with Crippen LogP contribution in [0.1, 0.15) is 42.1 Å². The first kappa shape index (κ1) is 15.5. The molecule has 1 aromatic rings. The molecule has 0 aliphatic carbocycles. The van der Waals surface area contributed by atoms with Crippen LogP contribution >= 0.6 is 0 Å². The summed E-state index contributed by atoms with van der Waals surface area (Å²) in [7, 11) is 0. The molecule has 1 aliphatic heterocycles. The Morgan fingerprint density at radius 1 is 1.43 bits per heavy atom. The van der Waals surface area contributed by atoms with Crippen molar-refractivity contribution >= 4 is 5.91 Å². The minimum atomic E-state index is -0.553. The number of amides is 1. The number of aliphatic hydroxyl groups is 1. The quantitative estimate of drug-likeness (QED) is 0.850. The Balaban J connectivity index is 2.09. The minimum absolute atomic E-state index is 0.0968. The maximum Gasteiger partial charge on any atom is 0.256 e. The van der Waals surface area contributed by atoms with Gasteiger partial charge in [0, 0.05) is 18.7 Å². The van der Waals surface area contributed by atoms with Gasteiger partial charge in [-0.2, -0.15) is 0 Å². The zero-order valence-corrected chi connectivity index (χ0v) is 12.2. The predicted octanol–water partition coefficient (Wildman–Crippen LogP) is 2.43. The molecule has 2 rings (SSSR count). The van der Waals surface area contributed by atoms with Gasteiger partial charge in [-0.25, -0.2) is 4.39 Å². The van der Waals surface area contributed by atoms with E-state index in [2.05, 4.69) is 18.8 Å². The minimum Gasteiger partial charge on any atom is -0.384 e. The molecule has 21 heavy (non-hydrogen) atoms. The van der Waals surface area contributed by atoms with E-state index in [0.717, 1.165) is 19.3 Å². The Labute approximate surface area is 124 Å². The van der Waals surface area contributed by atoms with Gasteiger partial charge >= 0.3 is 0 Å². The van der Waals surface area contributed by atoms with Gasteiger partial charge in [0.2, 0.25) is 0 Å². The molecular weight excluding hydrogens is 269 g/mol. The third kappa shape index (κ3) is 3.83. The van der Waals surface area contributed by atoms with E-state index < -0.39 is 5.82 Å². The van der Waals surface area contributed by atoms with Crippen LogP contribution in [0.5, 0.6) is 0 Å². The summed E-state index contributed by atoms with van der Waals surface area (Å²) in [6, 6.07) is 4.33. The van der Waals surface area contributed by atoms with Gasteiger partial charge in [0.15, 0.2) is 0 Å². The number of aliphatic hydroxyl groups excluding tert-OH is 1. The number of rotatable bonds is 2. The average Bonchev–Trinajstić information content (AvgIpc) is 2.52. The van der Waals surface area contributed by atoms with E-state index >= 15 is 0 Å². The van der Waals surface area contributed by atoms with Crippen molar-refractivity contribution in [1.82, 2.24) is 4.90 Å². The molecule has 4 heteroatoms. The molecule has 1 saturated heterocycles. The number of carbonyl (C=O) groups excluding carboxylic acids is 1. The molecule has 1 heterocycles. The summed E-state index contributed by atoms with van der Waals surface area (Å²) in [6.07, 6.45) is 3.11. The highest BCUT2D eigenvalue weighted by atomic mass is 19.1. The van der Waals surface area contributed by atoms with Gasteiger partial charge in [-0.1, -0.05) is 25.2 Å². The number of hydrogen-bond donors (Lipinski definition) is 1. The summed E-state index contributed by atoms with van der Waals surface area (Å²) < 4.78 is 14.0. The lowest BCUT2D eigenvalue weighted by atomic mass is 9.94. The van der Waals surface area contributed by atoms with Crippen molar-refractivity contribution < 1.29 is 14.3 Å². The number of benzene rings is 1. The number of carbonyl (C=O) groups is 1. The van der Waals surface area contributed by atoms with Gasteiger partial charge in [0.25, 0.3) is 5.91 Å². The Hall–Kier alpha value is -1.86. The maximum absolute atomic E-state index is 14.0. The van der Waals surface area contributed by atoms with E-state index in [1.807, 2.05) is 0 Å². The molecule has 112 valence electrons. The van der Waals surface area contributed by atoms with Crippen molar-refractivity contribution in [1.29, 1.82) is 0 Å². The summed E-state index contributed by atoms with van der Waals surface area (Å²) >= 11 is 0. The molecule has 0 aromatic heterocycles. The van der Waals surface area contributed by atoms with E-state index in [9.17, 15) is 9.18 Å². The van der Waals surface area contributed by atoms with Crippen LogP contribution in [0.4, 0.5) is 4.39 Å².